The van der Waals surface area contributed by atoms with Gasteiger partial charge in [0.1, 0.15) is 5.70 Å². The van der Waals surface area contributed by atoms with E-state index in [1.165, 1.54) is 12.1 Å². The zero-order chi connectivity index (χ0) is 27.2. The Hall–Kier alpha value is -3.32. The largest absolute Gasteiger partial charge is 0.416 e. The van der Waals surface area contributed by atoms with E-state index in [-0.39, 0.29) is 5.78 Å². The molecule has 1 aliphatic carbocycles. The van der Waals surface area contributed by atoms with Gasteiger partial charge >= 0.3 is 6.18 Å². The third-order valence-electron chi connectivity index (χ3n) is 6.10. The standard InChI is InChI=1S/C30H29F3N2OS/c1-28(2,3)22-15-19(16-23(27(22)36)29(4,5)6)26(25-17-18-9-7-8-10-24(18)37-25)35-34-21-13-11-20(12-14-21)30(31,32)33/h7-17H,1-6H3. The van der Waals surface area contributed by atoms with E-state index in [4.69, 9.17) is 0 Å². The van der Waals surface area contributed by atoms with Gasteiger partial charge in [-0.05, 0) is 64.8 Å². The third-order valence-corrected chi connectivity index (χ3v) is 7.22. The lowest BCUT2D eigenvalue weighted by Gasteiger charge is -2.31. The summed E-state index contributed by atoms with van der Waals surface area (Å²) in [5.74, 6) is 0.0131. The predicted molar refractivity (Wildman–Crippen MR) is 145 cm³/mol. The SMILES string of the molecule is CC(C)(C)C1=CC(=C(N=Nc2ccc(C(F)(F)F)cc2)c2cc3ccccc3s2)C=C(C(C)(C)C)C1=O. The highest BCUT2D eigenvalue weighted by molar-refractivity contribution is 7.20. The fourth-order valence-electron chi connectivity index (χ4n) is 4.05. The van der Waals surface area contributed by atoms with E-state index in [0.29, 0.717) is 22.5 Å². The second kappa shape index (κ2) is 9.53. The quantitative estimate of drug-likeness (QED) is 0.316. The molecule has 192 valence electrons. The summed E-state index contributed by atoms with van der Waals surface area (Å²) in [5.41, 5.74) is 1.44. The second-order valence-electron chi connectivity index (χ2n) is 11.1. The van der Waals surface area contributed by atoms with E-state index in [0.717, 1.165) is 32.7 Å². The number of allylic oxidation sites excluding steroid dienone is 5. The molecule has 1 aliphatic rings. The zero-order valence-corrected chi connectivity index (χ0v) is 22.5. The summed E-state index contributed by atoms with van der Waals surface area (Å²) in [5, 5.41) is 9.93. The number of halogens is 3. The minimum atomic E-state index is -4.42. The average molecular weight is 523 g/mol. The van der Waals surface area contributed by atoms with Crippen molar-refractivity contribution in [3.63, 3.8) is 0 Å². The first-order valence-corrected chi connectivity index (χ1v) is 12.8. The topological polar surface area (TPSA) is 41.8 Å². The van der Waals surface area contributed by atoms with Gasteiger partial charge in [0.2, 0.25) is 0 Å². The van der Waals surface area contributed by atoms with Crippen molar-refractivity contribution in [3.05, 3.63) is 93.9 Å². The van der Waals surface area contributed by atoms with E-state index < -0.39 is 22.6 Å². The van der Waals surface area contributed by atoms with Crippen molar-refractivity contribution < 1.29 is 18.0 Å². The molecular weight excluding hydrogens is 493 g/mol. The second-order valence-corrected chi connectivity index (χ2v) is 12.2. The molecule has 3 aromatic rings. The Bertz CT molecular complexity index is 1400. The van der Waals surface area contributed by atoms with Crippen LogP contribution in [-0.2, 0) is 11.0 Å². The van der Waals surface area contributed by atoms with Gasteiger partial charge in [-0.3, -0.25) is 4.79 Å². The maximum absolute atomic E-state index is 13.5. The van der Waals surface area contributed by atoms with Gasteiger partial charge in [-0.15, -0.1) is 16.5 Å². The normalized spacial score (nSPS) is 15.4. The lowest BCUT2D eigenvalue weighted by Crippen LogP contribution is -2.28. The molecule has 0 bridgehead atoms. The molecule has 0 amide bonds. The van der Waals surface area contributed by atoms with Crippen molar-refractivity contribution in [3.8, 4) is 0 Å². The number of hydrogen-bond donors (Lipinski definition) is 0. The lowest BCUT2D eigenvalue weighted by molar-refractivity contribution is -0.137. The number of alkyl halides is 3. The number of nitrogens with zero attached hydrogens (tertiary/aromatic N) is 2. The molecule has 0 unspecified atom stereocenters. The van der Waals surface area contributed by atoms with Gasteiger partial charge < -0.3 is 0 Å². The molecule has 37 heavy (non-hydrogen) atoms. The average Bonchev–Trinajstić information content (AvgIpc) is 3.22. The van der Waals surface area contributed by atoms with Gasteiger partial charge in [0.05, 0.1) is 16.1 Å². The van der Waals surface area contributed by atoms with Crippen molar-refractivity contribution in [2.75, 3.05) is 0 Å². The minimum Gasteiger partial charge on any atom is -0.289 e. The first-order valence-electron chi connectivity index (χ1n) is 12.0. The molecule has 0 radical (unpaired) electrons. The summed E-state index contributed by atoms with van der Waals surface area (Å²) in [4.78, 5) is 14.3. The summed E-state index contributed by atoms with van der Waals surface area (Å²) in [7, 11) is 0. The molecule has 7 heteroatoms. The highest BCUT2D eigenvalue weighted by Crippen LogP contribution is 2.42. The molecule has 0 spiro atoms. The molecule has 0 saturated heterocycles. The molecule has 1 heterocycles. The molecule has 2 aromatic carbocycles. The Morgan fingerprint density at radius 2 is 1.38 bits per heavy atom. The summed E-state index contributed by atoms with van der Waals surface area (Å²) in [6.45, 7) is 12.0. The summed E-state index contributed by atoms with van der Waals surface area (Å²) < 4.78 is 40.1. The summed E-state index contributed by atoms with van der Waals surface area (Å²) in [6.07, 6.45) is -0.664. The number of fused-ring (bicyclic) bond motifs is 1. The number of Topliss-reactive ketones (excluding diaryl/α,β-unsaturated/α-hetero) is 1. The number of hydrogen-bond acceptors (Lipinski definition) is 4. The molecule has 0 saturated carbocycles. The minimum absolute atomic E-state index is 0.0131. The maximum atomic E-state index is 13.5. The first-order chi connectivity index (χ1) is 17.1. The summed E-state index contributed by atoms with van der Waals surface area (Å²) >= 11 is 1.55. The van der Waals surface area contributed by atoms with E-state index in [1.54, 1.807) is 11.3 Å². The molecular formula is C30H29F3N2OS. The Morgan fingerprint density at radius 1 is 0.811 bits per heavy atom. The van der Waals surface area contributed by atoms with Crippen LogP contribution in [-0.4, -0.2) is 5.78 Å². The van der Waals surface area contributed by atoms with E-state index >= 15 is 0 Å². The van der Waals surface area contributed by atoms with Gasteiger partial charge in [0.25, 0.3) is 0 Å². The number of rotatable bonds is 3. The van der Waals surface area contributed by atoms with Crippen LogP contribution in [0, 0.1) is 10.8 Å². The Labute approximate surface area is 219 Å². The van der Waals surface area contributed by atoms with Crippen LogP contribution >= 0.6 is 11.3 Å². The fourth-order valence-corrected chi connectivity index (χ4v) is 5.12. The van der Waals surface area contributed by atoms with E-state index in [9.17, 15) is 18.0 Å². The van der Waals surface area contributed by atoms with Crippen molar-refractivity contribution in [2.24, 2.45) is 21.1 Å². The molecule has 3 nitrogen and oxygen atoms in total. The monoisotopic (exact) mass is 522 g/mol. The lowest BCUT2D eigenvalue weighted by atomic mass is 9.71. The molecule has 0 atom stereocenters. The van der Waals surface area contributed by atoms with Crippen LogP contribution in [0.3, 0.4) is 0 Å². The number of carbonyl (C=O) groups is 1. The third kappa shape index (κ3) is 5.82. The van der Waals surface area contributed by atoms with Crippen LogP contribution in [0.15, 0.2) is 93.7 Å². The predicted octanol–water partition coefficient (Wildman–Crippen LogP) is 9.94. The van der Waals surface area contributed by atoms with Gasteiger partial charge in [-0.25, -0.2) is 0 Å². The smallest absolute Gasteiger partial charge is 0.289 e. The summed E-state index contributed by atoms with van der Waals surface area (Å²) in [6, 6.07) is 14.6. The van der Waals surface area contributed by atoms with E-state index in [1.807, 2.05) is 84.0 Å². The fraction of sp³-hybridized carbons (Fsp3) is 0.300. The Morgan fingerprint density at radius 3 is 1.89 bits per heavy atom. The number of ketones is 1. The van der Waals surface area contributed by atoms with Crippen LogP contribution in [0.1, 0.15) is 52.0 Å². The number of azo groups is 1. The highest BCUT2D eigenvalue weighted by atomic mass is 32.1. The van der Waals surface area contributed by atoms with Gasteiger partial charge in [0.15, 0.2) is 5.78 Å². The molecule has 0 aliphatic heterocycles. The van der Waals surface area contributed by atoms with Gasteiger partial charge in [0, 0.05) is 21.4 Å². The van der Waals surface area contributed by atoms with Crippen molar-refractivity contribution in [1.29, 1.82) is 0 Å². The number of thiophene rings is 1. The van der Waals surface area contributed by atoms with Crippen molar-refractivity contribution in [2.45, 2.75) is 47.7 Å². The van der Waals surface area contributed by atoms with Crippen molar-refractivity contribution in [1.82, 2.24) is 0 Å². The number of carbonyl (C=O) groups excluding carboxylic acids is 1. The molecule has 4 rings (SSSR count). The van der Waals surface area contributed by atoms with Crippen LogP contribution < -0.4 is 0 Å². The molecule has 0 fully saturated rings. The van der Waals surface area contributed by atoms with E-state index in [2.05, 4.69) is 10.2 Å². The van der Waals surface area contributed by atoms with Crippen LogP contribution in [0.4, 0.5) is 18.9 Å². The zero-order valence-electron chi connectivity index (χ0n) is 21.7. The Balaban J connectivity index is 1.93. The number of benzene rings is 2. The molecule has 0 N–H and O–H groups in total. The molecule has 1 aromatic heterocycles. The maximum Gasteiger partial charge on any atom is 0.416 e. The van der Waals surface area contributed by atoms with Crippen LogP contribution in [0.25, 0.3) is 15.8 Å². The first kappa shape index (κ1) is 26.7. The van der Waals surface area contributed by atoms with Crippen molar-refractivity contribution >= 4 is 38.6 Å². The van der Waals surface area contributed by atoms with Crippen LogP contribution in [0.5, 0.6) is 0 Å². The van der Waals surface area contributed by atoms with Crippen LogP contribution in [0.2, 0.25) is 0 Å². The van der Waals surface area contributed by atoms with Gasteiger partial charge in [-0.1, -0.05) is 59.7 Å². The Kier molecular flexibility index (Phi) is 6.88. The van der Waals surface area contributed by atoms with Gasteiger partial charge in [-0.2, -0.15) is 18.3 Å². The highest BCUT2D eigenvalue weighted by Gasteiger charge is 2.35.